The largest absolute Gasteiger partial charge is 0.508 e. The number of benzene rings is 1. The molecule has 1 heterocycles. The molecular weight excluding hydrogens is 322 g/mol. The Kier molecular flexibility index (Phi) is 5.35. The maximum absolute atomic E-state index is 12.4. The molecule has 0 atom stereocenters. The van der Waals surface area contributed by atoms with Gasteiger partial charge in [0, 0.05) is 34.8 Å². The fourth-order valence-corrected chi connectivity index (χ4v) is 4.00. The third-order valence-corrected chi connectivity index (χ3v) is 5.60. The van der Waals surface area contributed by atoms with Crippen LogP contribution in [-0.4, -0.2) is 32.3 Å². The second-order valence-corrected chi connectivity index (χ2v) is 7.31. The van der Waals surface area contributed by atoms with Gasteiger partial charge in [-0.1, -0.05) is 17.8 Å². The monoisotopic (exact) mass is 343 g/mol. The Bertz CT molecular complexity index is 701. The van der Waals surface area contributed by atoms with E-state index in [-0.39, 0.29) is 17.7 Å². The molecule has 24 heavy (non-hydrogen) atoms. The first-order valence-corrected chi connectivity index (χ1v) is 9.04. The highest BCUT2D eigenvalue weighted by Gasteiger charge is 2.24. The zero-order valence-corrected chi connectivity index (χ0v) is 14.4. The second-order valence-electron chi connectivity index (χ2n) is 6.05. The molecule has 3 rings (SSSR count). The average molecular weight is 343 g/mol. The van der Waals surface area contributed by atoms with Gasteiger partial charge in [0.25, 0.3) is 5.91 Å². The highest BCUT2D eigenvalue weighted by atomic mass is 32.2. The zero-order chi connectivity index (χ0) is 16.9. The number of hydrogen-bond acceptors (Lipinski definition) is 5. The molecule has 2 aromatic rings. The van der Waals surface area contributed by atoms with Crippen LogP contribution in [0.3, 0.4) is 0 Å². The molecule has 6 heteroatoms. The van der Waals surface area contributed by atoms with Gasteiger partial charge in [0.15, 0.2) is 5.16 Å². The van der Waals surface area contributed by atoms with Gasteiger partial charge in [-0.2, -0.15) is 0 Å². The van der Waals surface area contributed by atoms with Crippen LogP contribution >= 0.6 is 11.8 Å². The fourth-order valence-electron chi connectivity index (χ4n) is 2.95. The van der Waals surface area contributed by atoms with Crippen LogP contribution in [0.1, 0.15) is 41.6 Å². The minimum Gasteiger partial charge on any atom is -0.508 e. The highest BCUT2D eigenvalue weighted by molar-refractivity contribution is 7.99. The van der Waals surface area contributed by atoms with Gasteiger partial charge in [-0.3, -0.25) is 4.79 Å². The van der Waals surface area contributed by atoms with Gasteiger partial charge in [0.05, 0.1) is 0 Å². The Labute approximate surface area is 145 Å². The van der Waals surface area contributed by atoms with Crippen LogP contribution < -0.4 is 5.32 Å². The molecule has 0 saturated heterocycles. The number of phenolic OH excluding ortho intramolecular Hbond substituents is 1. The molecule has 1 fully saturated rings. The van der Waals surface area contributed by atoms with Gasteiger partial charge < -0.3 is 10.4 Å². The molecule has 0 bridgehead atoms. The molecule has 0 radical (unpaired) electrons. The van der Waals surface area contributed by atoms with Crippen LogP contribution in [0.4, 0.5) is 0 Å². The first kappa shape index (κ1) is 16.8. The summed E-state index contributed by atoms with van der Waals surface area (Å²) in [5, 5.41) is 14.2. The number of phenols is 1. The lowest BCUT2D eigenvalue weighted by Crippen LogP contribution is -2.38. The molecule has 1 aliphatic carbocycles. The number of rotatable bonds is 4. The van der Waals surface area contributed by atoms with E-state index in [1.54, 1.807) is 49.3 Å². The predicted molar refractivity (Wildman–Crippen MR) is 94.2 cm³/mol. The number of aromatic nitrogens is 2. The number of nitrogens with one attached hydrogen (secondary N) is 1. The average Bonchev–Trinajstić information content (AvgIpc) is 2.60. The summed E-state index contributed by atoms with van der Waals surface area (Å²) in [4.78, 5) is 20.9. The van der Waals surface area contributed by atoms with E-state index in [4.69, 9.17) is 0 Å². The van der Waals surface area contributed by atoms with E-state index in [0.29, 0.717) is 16.4 Å². The summed E-state index contributed by atoms with van der Waals surface area (Å²) in [5.74, 6) is 0.0523. The van der Waals surface area contributed by atoms with Gasteiger partial charge in [0.1, 0.15) is 5.75 Å². The lowest BCUT2D eigenvalue weighted by Gasteiger charge is -2.28. The standard InChI is InChI=1S/C18H21N3O2S/c1-12-15(4-2-5-16(12)22)17(23)21-13-6-8-14(9-7-13)24-18-19-10-3-11-20-18/h2-5,10-11,13-14,22H,6-9H2,1H3,(H,21,23). The third-order valence-electron chi connectivity index (χ3n) is 4.37. The summed E-state index contributed by atoms with van der Waals surface area (Å²) >= 11 is 1.72. The van der Waals surface area contributed by atoms with Crippen molar-refractivity contribution in [2.75, 3.05) is 0 Å². The number of amides is 1. The maximum atomic E-state index is 12.4. The van der Waals surface area contributed by atoms with E-state index in [2.05, 4.69) is 15.3 Å². The van der Waals surface area contributed by atoms with Gasteiger partial charge in [-0.05, 0) is 50.8 Å². The van der Waals surface area contributed by atoms with Crippen LogP contribution in [0.2, 0.25) is 0 Å². The Hall–Kier alpha value is -2.08. The second kappa shape index (κ2) is 7.66. The number of nitrogens with zero attached hydrogens (tertiary/aromatic N) is 2. The quantitative estimate of drug-likeness (QED) is 0.833. The summed E-state index contributed by atoms with van der Waals surface area (Å²) in [6.07, 6.45) is 7.50. The van der Waals surface area contributed by atoms with Crippen molar-refractivity contribution in [1.29, 1.82) is 0 Å². The van der Waals surface area contributed by atoms with Crippen LogP contribution in [0.15, 0.2) is 41.8 Å². The molecule has 0 aliphatic heterocycles. The Morgan fingerprint density at radius 3 is 2.58 bits per heavy atom. The van der Waals surface area contributed by atoms with Crippen molar-refractivity contribution in [2.24, 2.45) is 0 Å². The Morgan fingerprint density at radius 2 is 1.88 bits per heavy atom. The van der Waals surface area contributed by atoms with E-state index in [0.717, 1.165) is 30.8 Å². The van der Waals surface area contributed by atoms with Crippen molar-refractivity contribution in [3.05, 3.63) is 47.8 Å². The minimum atomic E-state index is -0.106. The first-order chi connectivity index (χ1) is 11.6. The van der Waals surface area contributed by atoms with Crippen LogP contribution in [0.5, 0.6) is 5.75 Å². The van der Waals surface area contributed by atoms with Gasteiger partial charge >= 0.3 is 0 Å². The molecule has 0 spiro atoms. The van der Waals surface area contributed by atoms with Crippen molar-refractivity contribution >= 4 is 17.7 Å². The molecule has 1 aromatic carbocycles. The highest BCUT2D eigenvalue weighted by Crippen LogP contribution is 2.32. The molecule has 2 N–H and O–H groups in total. The van der Waals surface area contributed by atoms with E-state index in [1.165, 1.54) is 0 Å². The first-order valence-electron chi connectivity index (χ1n) is 8.16. The van der Waals surface area contributed by atoms with Gasteiger partial charge in [0.2, 0.25) is 0 Å². The minimum absolute atomic E-state index is 0.106. The summed E-state index contributed by atoms with van der Waals surface area (Å²) in [7, 11) is 0. The SMILES string of the molecule is Cc1c(O)cccc1C(=O)NC1CCC(Sc2ncccn2)CC1. The van der Waals surface area contributed by atoms with Crippen molar-refractivity contribution in [1.82, 2.24) is 15.3 Å². The molecule has 1 aromatic heterocycles. The number of hydrogen-bond donors (Lipinski definition) is 2. The van der Waals surface area contributed by atoms with Crippen LogP contribution in [0, 0.1) is 6.92 Å². The zero-order valence-electron chi connectivity index (χ0n) is 13.6. The number of carbonyl (C=O) groups excluding carboxylic acids is 1. The van der Waals surface area contributed by atoms with Crippen molar-refractivity contribution < 1.29 is 9.90 Å². The summed E-state index contributed by atoms with van der Waals surface area (Å²) < 4.78 is 0. The van der Waals surface area contributed by atoms with E-state index >= 15 is 0 Å². The molecule has 1 saturated carbocycles. The van der Waals surface area contributed by atoms with Crippen molar-refractivity contribution in [2.45, 2.75) is 49.1 Å². The molecular formula is C18H21N3O2S. The van der Waals surface area contributed by atoms with Gasteiger partial charge in [-0.25, -0.2) is 9.97 Å². The number of aromatic hydroxyl groups is 1. The van der Waals surface area contributed by atoms with Gasteiger partial charge in [-0.15, -0.1) is 0 Å². The van der Waals surface area contributed by atoms with E-state index in [1.807, 2.05) is 6.07 Å². The lowest BCUT2D eigenvalue weighted by molar-refractivity contribution is 0.0927. The lowest BCUT2D eigenvalue weighted by atomic mass is 9.94. The van der Waals surface area contributed by atoms with E-state index < -0.39 is 0 Å². The number of thioether (sulfide) groups is 1. The Balaban J connectivity index is 1.52. The topological polar surface area (TPSA) is 75.1 Å². The molecule has 5 nitrogen and oxygen atoms in total. The fraction of sp³-hybridized carbons (Fsp3) is 0.389. The third kappa shape index (κ3) is 4.06. The van der Waals surface area contributed by atoms with Crippen LogP contribution in [0.25, 0.3) is 0 Å². The molecule has 1 amide bonds. The normalized spacial score (nSPS) is 20.5. The van der Waals surface area contributed by atoms with E-state index in [9.17, 15) is 9.90 Å². The maximum Gasteiger partial charge on any atom is 0.251 e. The molecule has 0 unspecified atom stereocenters. The molecule has 126 valence electrons. The van der Waals surface area contributed by atoms with Crippen molar-refractivity contribution in [3.8, 4) is 5.75 Å². The predicted octanol–water partition coefficient (Wildman–Crippen LogP) is 3.32. The van der Waals surface area contributed by atoms with Crippen molar-refractivity contribution in [3.63, 3.8) is 0 Å². The smallest absolute Gasteiger partial charge is 0.251 e. The Morgan fingerprint density at radius 1 is 1.17 bits per heavy atom. The summed E-state index contributed by atoms with van der Waals surface area (Å²) in [6, 6.07) is 7.05. The summed E-state index contributed by atoms with van der Waals surface area (Å²) in [5.41, 5.74) is 1.17. The van der Waals surface area contributed by atoms with Crippen LogP contribution in [-0.2, 0) is 0 Å². The number of carbonyl (C=O) groups is 1. The molecule has 1 aliphatic rings. The summed E-state index contributed by atoms with van der Waals surface area (Å²) in [6.45, 7) is 1.76.